The smallest absolute Gasteiger partial charge is 0.306 e. The maximum absolute atomic E-state index is 13.0. The number of carbonyl (C=O) groups is 3. The van der Waals surface area contributed by atoms with Crippen molar-refractivity contribution in [3.63, 3.8) is 0 Å². The molecule has 105 heavy (non-hydrogen) atoms. The summed E-state index contributed by atoms with van der Waals surface area (Å²) in [6, 6.07) is 0. The van der Waals surface area contributed by atoms with Crippen molar-refractivity contribution < 1.29 is 42.9 Å². The number of aliphatic carboxylic acids is 1. The maximum Gasteiger partial charge on any atom is 0.306 e. The van der Waals surface area contributed by atoms with E-state index in [4.69, 9.17) is 18.9 Å². The van der Waals surface area contributed by atoms with E-state index in [2.05, 4.69) is 111 Å². The molecule has 0 radical (unpaired) electrons. The number of carboxylic acids is 1. The lowest BCUT2D eigenvalue weighted by molar-refractivity contribution is -0.870. The molecule has 2 unspecified atom stereocenters. The van der Waals surface area contributed by atoms with E-state index < -0.39 is 24.3 Å². The van der Waals surface area contributed by atoms with Gasteiger partial charge in [-0.1, -0.05) is 426 Å². The molecule has 9 nitrogen and oxygen atoms in total. The van der Waals surface area contributed by atoms with Crippen LogP contribution in [-0.4, -0.2) is 82.3 Å². The van der Waals surface area contributed by atoms with Gasteiger partial charge < -0.3 is 33.3 Å². The summed E-state index contributed by atoms with van der Waals surface area (Å²) in [5.41, 5.74) is 0. The molecule has 0 aromatic rings. The lowest BCUT2D eigenvalue weighted by atomic mass is 10.0. The van der Waals surface area contributed by atoms with E-state index in [-0.39, 0.29) is 32.2 Å². The van der Waals surface area contributed by atoms with E-state index in [1.165, 1.54) is 327 Å². The minimum atomic E-state index is -1.62. The highest BCUT2D eigenvalue weighted by Gasteiger charge is 2.22. The van der Waals surface area contributed by atoms with Gasteiger partial charge in [0, 0.05) is 12.8 Å². The van der Waals surface area contributed by atoms with Crippen LogP contribution >= 0.6 is 0 Å². The van der Waals surface area contributed by atoms with Gasteiger partial charge in [-0.25, -0.2) is 0 Å². The number of hydrogen-bond acceptors (Lipinski definition) is 8. The average molecular weight is 1470 g/mol. The third-order valence-corrected chi connectivity index (χ3v) is 20.3. The largest absolute Gasteiger partial charge is 0.545 e. The Morgan fingerprint density at radius 1 is 0.295 bits per heavy atom. The van der Waals surface area contributed by atoms with Gasteiger partial charge >= 0.3 is 11.9 Å². The third kappa shape index (κ3) is 87.3. The van der Waals surface area contributed by atoms with Crippen LogP contribution in [0.25, 0.3) is 0 Å². The molecule has 9 heteroatoms. The van der Waals surface area contributed by atoms with Crippen LogP contribution < -0.4 is 5.11 Å². The Bertz CT molecular complexity index is 2060. The number of unbranched alkanes of at least 4 members (excludes halogenated alkanes) is 54. The van der Waals surface area contributed by atoms with Gasteiger partial charge in [-0.3, -0.25) is 9.59 Å². The van der Waals surface area contributed by atoms with Crippen LogP contribution in [0.4, 0.5) is 0 Å². The summed E-state index contributed by atoms with van der Waals surface area (Å²) in [7, 11) is 5.95. The number of quaternary nitrogens is 1. The van der Waals surface area contributed by atoms with Crippen LogP contribution in [0.1, 0.15) is 438 Å². The summed E-state index contributed by atoms with van der Waals surface area (Å²) < 4.78 is 22.9. The van der Waals surface area contributed by atoms with Crippen molar-refractivity contribution in [3.05, 3.63) is 97.2 Å². The van der Waals surface area contributed by atoms with Crippen LogP contribution in [0.2, 0.25) is 0 Å². The quantitative estimate of drug-likeness (QED) is 0.0195. The van der Waals surface area contributed by atoms with Gasteiger partial charge in [0.15, 0.2) is 12.4 Å². The fraction of sp³-hybridized carbons (Fsp3) is 0.802. The molecule has 0 amide bonds. The number of ether oxygens (including phenoxy) is 4. The summed E-state index contributed by atoms with van der Waals surface area (Å²) in [5, 5.41) is 11.9. The van der Waals surface area contributed by atoms with Crippen molar-refractivity contribution in [1.29, 1.82) is 0 Å². The maximum atomic E-state index is 13.0. The highest BCUT2D eigenvalue weighted by Crippen LogP contribution is 2.20. The minimum Gasteiger partial charge on any atom is -0.545 e. The van der Waals surface area contributed by atoms with Crippen LogP contribution in [-0.2, 0) is 33.3 Å². The van der Waals surface area contributed by atoms with Crippen molar-refractivity contribution in [1.82, 2.24) is 0 Å². The number of rotatable bonds is 85. The first-order valence-corrected chi connectivity index (χ1v) is 45.4. The lowest BCUT2D eigenvalue weighted by Crippen LogP contribution is -2.44. The van der Waals surface area contributed by atoms with Crippen molar-refractivity contribution in [2.45, 2.75) is 450 Å². The Balaban J connectivity index is 3.90. The van der Waals surface area contributed by atoms with E-state index in [0.717, 1.165) is 77.0 Å². The van der Waals surface area contributed by atoms with Gasteiger partial charge in [0.25, 0.3) is 0 Å². The molecular weight excluding hydrogens is 1300 g/mol. The Morgan fingerprint density at radius 3 is 0.810 bits per heavy atom. The monoisotopic (exact) mass is 1470 g/mol. The molecule has 0 aliphatic heterocycles. The predicted molar refractivity (Wildman–Crippen MR) is 454 cm³/mol. The molecule has 2 atom stereocenters. The first-order valence-electron chi connectivity index (χ1n) is 45.4. The second-order valence-electron chi connectivity index (χ2n) is 31.9. The van der Waals surface area contributed by atoms with Crippen molar-refractivity contribution in [3.8, 4) is 0 Å². The van der Waals surface area contributed by atoms with Gasteiger partial charge in [-0.15, -0.1) is 0 Å². The second-order valence-corrected chi connectivity index (χ2v) is 31.9. The predicted octanol–water partition coefficient (Wildman–Crippen LogP) is 28.5. The molecule has 0 heterocycles. The van der Waals surface area contributed by atoms with Gasteiger partial charge in [-0.05, 0) is 96.3 Å². The van der Waals surface area contributed by atoms with Gasteiger partial charge in [0.05, 0.1) is 40.3 Å². The molecule has 0 aromatic carbocycles. The molecule has 610 valence electrons. The molecule has 0 aliphatic rings. The summed E-state index contributed by atoms with van der Waals surface area (Å²) >= 11 is 0. The summed E-state index contributed by atoms with van der Waals surface area (Å²) in [4.78, 5) is 37.7. The molecule has 0 bridgehead atoms. The molecule has 0 spiro atoms. The summed E-state index contributed by atoms with van der Waals surface area (Å²) in [6.45, 7) is 4.69. The minimum absolute atomic E-state index is 0.149. The van der Waals surface area contributed by atoms with E-state index in [0.29, 0.717) is 23.9 Å². The molecule has 0 saturated heterocycles. The Morgan fingerprint density at radius 2 is 0.543 bits per heavy atom. The first-order chi connectivity index (χ1) is 51.6. The molecule has 0 fully saturated rings. The van der Waals surface area contributed by atoms with Crippen LogP contribution in [0.3, 0.4) is 0 Å². The fourth-order valence-corrected chi connectivity index (χ4v) is 13.5. The molecule has 0 aliphatic carbocycles. The zero-order chi connectivity index (χ0) is 76.0. The van der Waals surface area contributed by atoms with Crippen LogP contribution in [0, 0.1) is 0 Å². The topological polar surface area (TPSA) is 111 Å². The number of esters is 2. The zero-order valence-corrected chi connectivity index (χ0v) is 70.1. The second kappa shape index (κ2) is 85.8. The van der Waals surface area contributed by atoms with E-state index >= 15 is 0 Å². The SMILES string of the molecule is CC/C=C\C/C=C\C/C=C\C/C=C\C/C=C\CCCCCCCCCCCCCCCCCCCCCCCCCC(=O)OC(COC(=O)CCCCCCCCCCCCCCCCCCCCCCCCCCCC/C=C\C/C=C\C/C=C\CCCCCCC)COC(OCC[N+](C)(C)C)C(=O)[O-]. The third-order valence-electron chi connectivity index (χ3n) is 20.3. The van der Waals surface area contributed by atoms with Crippen molar-refractivity contribution in [2.75, 3.05) is 47.5 Å². The van der Waals surface area contributed by atoms with Gasteiger partial charge in [0.2, 0.25) is 0 Å². The Labute approximate surface area is 652 Å². The molecule has 0 aromatic heterocycles. The highest BCUT2D eigenvalue weighted by molar-refractivity contribution is 5.70. The molecule has 0 N–H and O–H groups in total. The number of carboxylic acid groups (broad SMARTS) is 1. The van der Waals surface area contributed by atoms with Crippen LogP contribution in [0.15, 0.2) is 97.2 Å². The standard InChI is InChI=1S/C96H173NO8/c1-6-8-10-12-14-16-18-20-22-24-26-28-30-32-34-36-38-40-42-44-46-47-49-50-52-54-56-58-60-62-64-66-68-70-72-74-76-78-80-82-84-86-93(98)103-90-92(91-104-96(95(100)101)102-89-88-97(3,4)5)105-94(99)87-85-83-81-79-77-75-73-71-69-67-65-63-61-59-57-55-53-51-48-45-43-41-39-37-35-33-31-29-27-25-23-21-19-17-15-13-11-9-7-2/h9,11,15,17-18,20-21,23-24,26-27,29-30,32-33,35,92,96H,6-8,10,12-14,16,19,22,25,28,31,34,36-91H2,1-5H3/b11-9-,17-15-,20-18-,23-21-,26-24-,29-27-,32-30-,35-33-. The summed E-state index contributed by atoms with van der Waals surface area (Å²) in [6.07, 6.45) is 117. The zero-order valence-electron chi connectivity index (χ0n) is 70.1. The normalized spacial score (nSPS) is 13.0. The summed E-state index contributed by atoms with van der Waals surface area (Å²) in [5.74, 6) is -2.25. The Kier molecular flexibility index (Phi) is 82.7. The van der Waals surface area contributed by atoms with Crippen LogP contribution in [0.5, 0.6) is 0 Å². The van der Waals surface area contributed by atoms with Gasteiger partial charge in [-0.2, -0.15) is 0 Å². The fourth-order valence-electron chi connectivity index (χ4n) is 13.5. The number of hydrogen-bond donors (Lipinski definition) is 0. The van der Waals surface area contributed by atoms with E-state index in [9.17, 15) is 19.5 Å². The molecule has 0 rings (SSSR count). The highest BCUT2D eigenvalue weighted by atomic mass is 16.7. The molecule has 0 saturated carbocycles. The first kappa shape index (κ1) is 101. The average Bonchev–Trinajstić information content (AvgIpc) is 1.97. The molecular formula is C96H173NO8. The Hall–Kier alpha value is -3.79. The van der Waals surface area contributed by atoms with Crippen molar-refractivity contribution >= 4 is 17.9 Å². The number of carbonyl (C=O) groups excluding carboxylic acids is 3. The van der Waals surface area contributed by atoms with E-state index in [1.807, 2.05) is 21.1 Å². The van der Waals surface area contributed by atoms with Gasteiger partial charge in [0.1, 0.15) is 13.2 Å². The number of nitrogens with zero attached hydrogens (tertiary/aromatic N) is 1. The number of allylic oxidation sites excluding steroid dienone is 16. The van der Waals surface area contributed by atoms with Crippen molar-refractivity contribution in [2.24, 2.45) is 0 Å². The lowest BCUT2D eigenvalue weighted by Gasteiger charge is -2.26. The number of likely N-dealkylation sites (N-methyl/N-ethyl adjacent to an activating group) is 1. The van der Waals surface area contributed by atoms with E-state index in [1.54, 1.807) is 0 Å².